The number of rotatable bonds is 4. The van der Waals surface area contributed by atoms with E-state index in [0.29, 0.717) is 21.9 Å². The van der Waals surface area contributed by atoms with Crippen LogP contribution in [0.5, 0.6) is 0 Å². The van der Waals surface area contributed by atoms with Gasteiger partial charge in [-0.05, 0) is 121 Å². The summed E-state index contributed by atoms with van der Waals surface area (Å²) in [5.74, 6) is 0. The van der Waals surface area contributed by atoms with Gasteiger partial charge in [0.1, 0.15) is 11.2 Å². The molecule has 0 aliphatic carbocycles. The largest absolute Gasteiger partial charge is 0.456 e. The van der Waals surface area contributed by atoms with Gasteiger partial charge in [-0.25, -0.2) is 0 Å². The molecule has 0 saturated heterocycles. The maximum absolute atomic E-state index is 14.2. The molecule has 0 amide bonds. The predicted molar refractivity (Wildman–Crippen MR) is 238 cm³/mol. The average Bonchev–Trinajstić information content (AvgIpc) is 3.77. The molecule has 11 aromatic rings. The normalized spacial score (nSPS) is 11.9. The van der Waals surface area contributed by atoms with Crippen LogP contribution in [-0.4, -0.2) is 9.13 Å². The summed E-state index contributed by atoms with van der Waals surface area (Å²) in [6.45, 7) is 8.72. The van der Waals surface area contributed by atoms with Gasteiger partial charge in [0.2, 0.25) is 5.43 Å². The van der Waals surface area contributed by atoms with E-state index >= 15 is 0 Å². The van der Waals surface area contributed by atoms with Gasteiger partial charge in [-0.3, -0.25) is 4.79 Å². The minimum atomic E-state index is -0.0318. The summed E-state index contributed by atoms with van der Waals surface area (Å²) < 4.78 is 11.1. The first-order valence-electron chi connectivity index (χ1n) is 19.5. The van der Waals surface area contributed by atoms with Crippen molar-refractivity contribution < 1.29 is 4.42 Å². The summed E-state index contributed by atoms with van der Waals surface area (Å²) in [4.78, 5) is 14.2. The molecule has 272 valence electrons. The number of benzene rings is 8. The second-order valence-corrected chi connectivity index (χ2v) is 15.5. The molecule has 0 unspecified atom stereocenters. The SMILES string of the molecule is Cc1cccc2c3cccc(C)c3n(-c3ccc(-c4ccc5oc6ccc(-c7ccc(-n8c9c(C)cccc9c9cccc(C)c98)cc7)cc6c(=O)c5c4)cc3)c12. The monoisotopic (exact) mass is 734 g/mol. The molecule has 3 heterocycles. The zero-order valence-electron chi connectivity index (χ0n) is 32.2. The minimum absolute atomic E-state index is 0.0318. The van der Waals surface area contributed by atoms with Crippen LogP contribution >= 0.6 is 0 Å². The van der Waals surface area contributed by atoms with Crippen LogP contribution in [0.2, 0.25) is 0 Å². The fourth-order valence-corrected chi connectivity index (χ4v) is 9.25. The standard InChI is InChI=1S/C53H38N2O2/c1-31-9-5-13-41-42-14-6-10-32(2)50(42)54(49(31)41)39-23-17-35(18-24-39)37-21-27-47-45(29-37)53(56)46-30-38(22-28-48(46)57-47)36-19-25-40(26-20-36)55-51-33(3)11-7-15-43(51)44-16-8-12-34(4)52(44)55/h5-30H,1-4H3. The Morgan fingerprint density at radius 2 is 0.667 bits per heavy atom. The molecule has 0 bridgehead atoms. The van der Waals surface area contributed by atoms with Crippen LogP contribution in [0.25, 0.3) is 99.2 Å². The molecule has 8 aromatic carbocycles. The number of para-hydroxylation sites is 4. The number of aryl methyl sites for hydroxylation is 4. The van der Waals surface area contributed by atoms with Crippen molar-refractivity contribution in [3.63, 3.8) is 0 Å². The third-order valence-corrected chi connectivity index (χ3v) is 12.0. The fraction of sp³-hybridized carbons (Fsp3) is 0.0755. The summed E-state index contributed by atoms with van der Waals surface area (Å²) in [7, 11) is 0. The summed E-state index contributed by atoms with van der Waals surface area (Å²) in [6, 6.07) is 55.3. The fourth-order valence-electron chi connectivity index (χ4n) is 9.25. The Morgan fingerprint density at radius 3 is 1.00 bits per heavy atom. The molecule has 0 aliphatic heterocycles. The van der Waals surface area contributed by atoms with E-state index in [9.17, 15) is 4.79 Å². The molecule has 4 nitrogen and oxygen atoms in total. The molecule has 0 saturated carbocycles. The lowest BCUT2D eigenvalue weighted by Gasteiger charge is -2.12. The highest BCUT2D eigenvalue weighted by atomic mass is 16.3. The third-order valence-electron chi connectivity index (χ3n) is 12.0. The lowest BCUT2D eigenvalue weighted by atomic mass is 10.0. The van der Waals surface area contributed by atoms with E-state index in [-0.39, 0.29) is 5.43 Å². The van der Waals surface area contributed by atoms with Crippen LogP contribution in [0, 0.1) is 27.7 Å². The average molecular weight is 735 g/mol. The van der Waals surface area contributed by atoms with Crippen LogP contribution in [0.1, 0.15) is 22.3 Å². The highest BCUT2D eigenvalue weighted by molar-refractivity contribution is 6.12. The van der Waals surface area contributed by atoms with Gasteiger partial charge in [-0.2, -0.15) is 0 Å². The first kappa shape index (κ1) is 33.2. The van der Waals surface area contributed by atoms with Gasteiger partial charge in [0.15, 0.2) is 0 Å². The van der Waals surface area contributed by atoms with Gasteiger partial charge in [0.25, 0.3) is 0 Å². The van der Waals surface area contributed by atoms with Crippen LogP contribution < -0.4 is 5.43 Å². The molecule has 0 spiro atoms. The molecule has 0 atom stereocenters. The molecule has 57 heavy (non-hydrogen) atoms. The van der Waals surface area contributed by atoms with Gasteiger partial charge in [-0.1, -0.05) is 109 Å². The molecule has 0 N–H and O–H groups in total. The number of fused-ring (bicyclic) bond motifs is 8. The zero-order valence-corrected chi connectivity index (χ0v) is 32.2. The zero-order chi connectivity index (χ0) is 38.5. The van der Waals surface area contributed by atoms with E-state index in [4.69, 9.17) is 4.42 Å². The maximum Gasteiger partial charge on any atom is 0.200 e. The van der Waals surface area contributed by atoms with Crippen LogP contribution in [0.4, 0.5) is 0 Å². The number of nitrogens with zero attached hydrogens (tertiary/aromatic N) is 2. The van der Waals surface area contributed by atoms with Crippen LogP contribution in [-0.2, 0) is 0 Å². The Balaban J connectivity index is 0.966. The summed E-state index contributed by atoms with van der Waals surface area (Å²) in [5.41, 5.74) is 17.2. The van der Waals surface area contributed by atoms with Gasteiger partial charge in [0, 0.05) is 32.9 Å². The molecule has 0 fully saturated rings. The Morgan fingerprint density at radius 1 is 0.351 bits per heavy atom. The molecule has 4 heteroatoms. The van der Waals surface area contributed by atoms with Crippen molar-refractivity contribution >= 4 is 65.6 Å². The lowest BCUT2D eigenvalue weighted by molar-refractivity contribution is 0.660. The second kappa shape index (κ2) is 12.4. The molecule has 11 rings (SSSR count). The van der Waals surface area contributed by atoms with Crippen molar-refractivity contribution in [3.05, 3.63) is 190 Å². The van der Waals surface area contributed by atoms with E-state index < -0.39 is 0 Å². The quantitative estimate of drug-likeness (QED) is 0.169. The Bertz CT molecular complexity index is 3160. The topological polar surface area (TPSA) is 40.1 Å². The molecule has 0 radical (unpaired) electrons. The van der Waals surface area contributed by atoms with E-state index in [1.165, 1.54) is 65.9 Å². The summed E-state index contributed by atoms with van der Waals surface area (Å²) >= 11 is 0. The van der Waals surface area contributed by atoms with E-state index in [0.717, 1.165) is 33.6 Å². The second-order valence-electron chi connectivity index (χ2n) is 15.5. The smallest absolute Gasteiger partial charge is 0.200 e. The summed E-state index contributed by atoms with van der Waals surface area (Å²) in [5, 5.41) is 6.18. The first-order valence-corrected chi connectivity index (χ1v) is 19.5. The van der Waals surface area contributed by atoms with Gasteiger partial charge in [-0.15, -0.1) is 0 Å². The van der Waals surface area contributed by atoms with Gasteiger partial charge < -0.3 is 13.6 Å². The van der Waals surface area contributed by atoms with Crippen LogP contribution in [0.3, 0.4) is 0 Å². The predicted octanol–water partition coefficient (Wildman–Crippen LogP) is 13.7. The van der Waals surface area contributed by atoms with Crippen molar-refractivity contribution in [2.24, 2.45) is 0 Å². The van der Waals surface area contributed by atoms with Gasteiger partial charge in [0.05, 0.1) is 32.8 Å². The van der Waals surface area contributed by atoms with Crippen molar-refractivity contribution in [1.82, 2.24) is 9.13 Å². The Kier molecular flexibility index (Phi) is 7.23. The molecular weight excluding hydrogens is 697 g/mol. The highest BCUT2D eigenvalue weighted by Gasteiger charge is 2.18. The number of aromatic nitrogens is 2. The highest BCUT2D eigenvalue weighted by Crippen LogP contribution is 2.38. The lowest BCUT2D eigenvalue weighted by Crippen LogP contribution is -2.02. The van der Waals surface area contributed by atoms with E-state index in [2.05, 4.69) is 158 Å². The Hall–Kier alpha value is -7.17. The molecule has 0 aliphatic rings. The van der Waals surface area contributed by atoms with E-state index in [1.807, 2.05) is 36.4 Å². The Labute approximate surface area is 329 Å². The number of hydrogen-bond acceptors (Lipinski definition) is 2. The van der Waals surface area contributed by atoms with Crippen LogP contribution in [0.15, 0.2) is 167 Å². The first-order chi connectivity index (χ1) is 27.8. The van der Waals surface area contributed by atoms with Crippen molar-refractivity contribution in [1.29, 1.82) is 0 Å². The van der Waals surface area contributed by atoms with Gasteiger partial charge >= 0.3 is 0 Å². The molecular formula is C53H38N2O2. The maximum atomic E-state index is 14.2. The van der Waals surface area contributed by atoms with Crippen molar-refractivity contribution in [2.75, 3.05) is 0 Å². The number of hydrogen-bond donors (Lipinski definition) is 0. The molecule has 3 aromatic heterocycles. The minimum Gasteiger partial charge on any atom is -0.456 e. The van der Waals surface area contributed by atoms with Crippen molar-refractivity contribution in [3.8, 4) is 33.6 Å². The van der Waals surface area contributed by atoms with E-state index in [1.54, 1.807) is 0 Å². The third kappa shape index (κ3) is 4.97. The summed E-state index contributed by atoms with van der Waals surface area (Å²) in [6.07, 6.45) is 0. The van der Waals surface area contributed by atoms with Crippen molar-refractivity contribution in [2.45, 2.75) is 27.7 Å².